The lowest BCUT2D eigenvalue weighted by Crippen LogP contribution is -2.12. The number of carbonyl (C=O) groups is 1. The molecule has 1 N–H and O–H groups in total. The molecule has 2 aromatic heterocycles. The summed E-state index contributed by atoms with van der Waals surface area (Å²) in [6.45, 7) is 2.52. The van der Waals surface area contributed by atoms with Crippen molar-refractivity contribution in [3.8, 4) is 28.8 Å². The molecule has 0 unspecified atom stereocenters. The molecule has 7 nitrogen and oxygen atoms in total. The molecule has 0 spiro atoms. The Balaban J connectivity index is 1.49. The predicted octanol–water partition coefficient (Wildman–Crippen LogP) is 5.38. The highest BCUT2D eigenvalue weighted by Gasteiger charge is 2.17. The zero-order chi connectivity index (χ0) is 20.1. The smallest absolute Gasteiger partial charge is 0.277 e. The molecule has 146 valence electrons. The fourth-order valence-electron chi connectivity index (χ4n) is 2.66. The van der Waals surface area contributed by atoms with E-state index in [1.54, 1.807) is 42.5 Å². The van der Waals surface area contributed by atoms with Gasteiger partial charge in [0.25, 0.3) is 5.91 Å². The van der Waals surface area contributed by atoms with E-state index in [1.807, 2.05) is 25.1 Å². The maximum Gasteiger partial charge on any atom is 0.277 e. The maximum absolute atomic E-state index is 12.6. The van der Waals surface area contributed by atoms with Gasteiger partial charge >= 0.3 is 0 Å². The molecule has 0 aliphatic rings. The van der Waals surface area contributed by atoms with E-state index in [4.69, 9.17) is 18.4 Å². The third-order valence-corrected chi connectivity index (χ3v) is 4.00. The Labute approximate surface area is 166 Å². The molecule has 4 rings (SSSR count). The number of anilines is 1. The summed E-state index contributed by atoms with van der Waals surface area (Å²) in [6.07, 6.45) is 1.52. The van der Waals surface area contributed by atoms with Crippen LogP contribution in [0.15, 0.2) is 81.9 Å². The summed E-state index contributed by atoms with van der Waals surface area (Å²) in [5.41, 5.74) is 0.640. The molecule has 7 heteroatoms. The molecular weight excluding hydrogens is 372 g/mol. The van der Waals surface area contributed by atoms with Crippen LogP contribution in [0.3, 0.4) is 0 Å². The largest absolute Gasteiger partial charge is 0.494 e. The highest BCUT2D eigenvalue weighted by Crippen LogP contribution is 2.31. The normalized spacial score (nSPS) is 10.5. The van der Waals surface area contributed by atoms with Gasteiger partial charge in [0.15, 0.2) is 17.2 Å². The van der Waals surface area contributed by atoms with Gasteiger partial charge in [0.05, 0.1) is 18.6 Å². The molecule has 0 atom stereocenters. The van der Waals surface area contributed by atoms with Crippen LogP contribution in [0.25, 0.3) is 11.5 Å². The van der Waals surface area contributed by atoms with Crippen molar-refractivity contribution in [1.82, 2.24) is 5.16 Å². The van der Waals surface area contributed by atoms with Crippen LogP contribution in [0.1, 0.15) is 17.4 Å². The van der Waals surface area contributed by atoms with Crippen molar-refractivity contribution in [2.75, 3.05) is 11.9 Å². The van der Waals surface area contributed by atoms with Crippen LogP contribution in [-0.2, 0) is 0 Å². The number of rotatable bonds is 7. The Kier molecular flexibility index (Phi) is 5.29. The van der Waals surface area contributed by atoms with Crippen molar-refractivity contribution in [3.05, 3.63) is 78.7 Å². The van der Waals surface area contributed by atoms with Crippen molar-refractivity contribution in [1.29, 1.82) is 0 Å². The number of nitrogens with zero attached hydrogens (tertiary/aromatic N) is 1. The summed E-state index contributed by atoms with van der Waals surface area (Å²) in [5, 5.41) is 6.60. The monoisotopic (exact) mass is 390 g/mol. The highest BCUT2D eigenvalue weighted by molar-refractivity contribution is 6.04. The third kappa shape index (κ3) is 4.30. The number of amides is 1. The summed E-state index contributed by atoms with van der Waals surface area (Å²) in [6, 6.07) is 19.4. The molecule has 4 aromatic rings. The number of para-hydroxylation sites is 2. The lowest BCUT2D eigenvalue weighted by Gasteiger charge is -2.12. The molecular formula is C22H18N2O5. The summed E-state index contributed by atoms with van der Waals surface area (Å²) in [5.74, 6) is 2.33. The van der Waals surface area contributed by atoms with Crippen LogP contribution in [0.2, 0.25) is 0 Å². The lowest BCUT2D eigenvalue weighted by molar-refractivity contribution is 0.101. The van der Waals surface area contributed by atoms with Crippen LogP contribution in [0, 0.1) is 0 Å². The molecule has 0 saturated heterocycles. The first-order chi connectivity index (χ1) is 14.2. The number of carbonyl (C=O) groups excluding carboxylic acids is 1. The van der Waals surface area contributed by atoms with E-state index in [0.29, 0.717) is 35.3 Å². The SMILES string of the molecule is CCOc1ccc(Oc2ccccc2NC(=O)c2cc(-c3ccco3)on2)cc1. The maximum atomic E-state index is 12.6. The minimum absolute atomic E-state index is 0.132. The van der Waals surface area contributed by atoms with E-state index in [9.17, 15) is 4.79 Å². The van der Waals surface area contributed by atoms with E-state index in [-0.39, 0.29) is 5.69 Å². The third-order valence-electron chi connectivity index (χ3n) is 4.00. The Morgan fingerprint density at radius 3 is 2.55 bits per heavy atom. The Bertz CT molecular complexity index is 1080. The Hall–Kier alpha value is -4.00. The number of furan rings is 1. The van der Waals surface area contributed by atoms with Crippen LogP contribution in [0.5, 0.6) is 17.2 Å². The quantitative estimate of drug-likeness (QED) is 0.456. The molecule has 0 bridgehead atoms. The molecule has 29 heavy (non-hydrogen) atoms. The second-order valence-corrected chi connectivity index (χ2v) is 6.01. The minimum Gasteiger partial charge on any atom is -0.494 e. The van der Waals surface area contributed by atoms with Crippen LogP contribution in [0.4, 0.5) is 5.69 Å². The summed E-state index contributed by atoms with van der Waals surface area (Å²) < 4.78 is 21.8. The number of nitrogens with one attached hydrogen (secondary N) is 1. The average Bonchev–Trinajstić information content (AvgIpc) is 3.43. The van der Waals surface area contributed by atoms with Crippen LogP contribution < -0.4 is 14.8 Å². The topological polar surface area (TPSA) is 86.7 Å². The van der Waals surface area contributed by atoms with Gasteiger partial charge in [-0.15, -0.1) is 0 Å². The van der Waals surface area contributed by atoms with Crippen LogP contribution in [-0.4, -0.2) is 17.7 Å². The first-order valence-electron chi connectivity index (χ1n) is 9.04. The van der Waals surface area contributed by atoms with Gasteiger partial charge in [0, 0.05) is 6.07 Å². The molecule has 0 radical (unpaired) electrons. The number of aromatic nitrogens is 1. The fraction of sp³-hybridized carbons (Fsp3) is 0.0909. The van der Waals surface area contributed by atoms with Gasteiger partial charge in [0.2, 0.25) is 5.76 Å². The molecule has 0 saturated carbocycles. The van der Waals surface area contributed by atoms with E-state index < -0.39 is 5.91 Å². The van der Waals surface area contributed by atoms with Gasteiger partial charge in [-0.25, -0.2) is 0 Å². The zero-order valence-electron chi connectivity index (χ0n) is 15.6. The minimum atomic E-state index is -0.422. The zero-order valence-corrected chi connectivity index (χ0v) is 15.6. The van der Waals surface area contributed by atoms with E-state index in [1.165, 1.54) is 12.3 Å². The number of hydrogen-bond donors (Lipinski definition) is 1. The highest BCUT2D eigenvalue weighted by atomic mass is 16.5. The molecule has 0 fully saturated rings. The van der Waals surface area contributed by atoms with E-state index in [2.05, 4.69) is 10.5 Å². The van der Waals surface area contributed by atoms with Crippen molar-refractivity contribution in [2.45, 2.75) is 6.92 Å². The van der Waals surface area contributed by atoms with Gasteiger partial charge in [-0.05, 0) is 55.5 Å². The van der Waals surface area contributed by atoms with E-state index in [0.717, 1.165) is 5.75 Å². The predicted molar refractivity (Wildman–Crippen MR) is 106 cm³/mol. The number of benzene rings is 2. The first-order valence-corrected chi connectivity index (χ1v) is 9.04. The van der Waals surface area contributed by atoms with Crippen molar-refractivity contribution >= 4 is 11.6 Å². The summed E-state index contributed by atoms with van der Waals surface area (Å²) >= 11 is 0. The second kappa shape index (κ2) is 8.35. The van der Waals surface area contributed by atoms with Gasteiger partial charge in [-0.2, -0.15) is 0 Å². The van der Waals surface area contributed by atoms with E-state index >= 15 is 0 Å². The van der Waals surface area contributed by atoms with Crippen LogP contribution >= 0.6 is 0 Å². The van der Waals surface area contributed by atoms with Gasteiger partial charge < -0.3 is 23.7 Å². The Morgan fingerprint density at radius 1 is 1.00 bits per heavy atom. The lowest BCUT2D eigenvalue weighted by atomic mass is 10.2. The second-order valence-electron chi connectivity index (χ2n) is 6.01. The molecule has 2 heterocycles. The summed E-state index contributed by atoms with van der Waals surface area (Å²) in [4.78, 5) is 12.6. The molecule has 1 amide bonds. The van der Waals surface area contributed by atoms with Crippen molar-refractivity contribution < 1.29 is 23.2 Å². The van der Waals surface area contributed by atoms with Gasteiger partial charge in [-0.1, -0.05) is 17.3 Å². The molecule has 2 aromatic carbocycles. The molecule has 0 aliphatic carbocycles. The van der Waals surface area contributed by atoms with Crippen molar-refractivity contribution in [2.24, 2.45) is 0 Å². The first kappa shape index (κ1) is 18.4. The number of hydrogen-bond acceptors (Lipinski definition) is 6. The van der Waals surface area contributed by atoms with Gasteiger partial charge in [-0.3, -0.25) is 4.79 Å². The van der Waals surface area contributed by atoms with Gasteiger partial charge in [0.1, 0.15) is 11.5 Å². The van der Waals surface area contributed by atoms with Crippen molar-refractivity contribution in [3.63, 3.8) is 0 Å². The summed E-state index contributed by atoms with van der Waals surface area (Å²) in [7, 11) is 0. The Morgan fingerprint density at radius 2 is 1.79 bits per heavy atom. The number of ether oxygens (including phenoxy) is 2. The fourth-order valence-corrected chi connectivity index (χ4v) is 2.66. The molecule has 0 aliphatic heterocycles. The average molecular weight is 390 g/mol. The standard InChI is InChI=1S/C22H18N2O5/c1-2-26-15-9-11-16(12-10-15)28-19-7-4-3-6-17(19)23-22(25)18-14-21(29-24-18)20-8-5-13-27-20/h3-14H,2H2,1H3,(H,23,25).